The second-order valence-corrected chi connectivity index (χ2v) is 13.8. The molecule has 0 spiro atoms. The molecule has 0 bridgehead atoms. The van der Waals surface area contributed by atoms with Crippen LogP contribution in [0, 0.1) is 0 Å². The van der Waals surface area contributed by atoms with Gasteiger partial charge in [0.1, 0.15) is 0 Å². The van der Waals surface area contributed by atoms with E-state index in [1.165, 1.54) is 230 Å². The zero-order valence-corrected chi connectivity index (χ0v) is 29.2. The highest BCUT2D eigenvalue weighted by atomic mass is 15.3. The van der Waals surface area contributed by atoms with E-state index < -0.39 is 0 Å². The lowest BCUT2D eigenvalue weighted by atomic mass is 10.0. The molecule has 0 aromatic rings. The molecule has 1 heteroatoms. The average Bonchev–Trinajstić information content (AvgIpc) is 2.96. The van der Waals surface area contributed by atoms with Crippen molar-refractivity contribution >= 4 is 0 Å². The standard InChI is InChI=1S/C39H82N/c1-5-9-12-15-18-21-24-27-30-33-37-40(36-8-4,38-34-31-28-25-22-19-16-13-10-6-2)39-35-32-29-26-23-20-17-14-11-7-3/h5-39H2,1-4H3/q+1. The summed E-state index contributed by atoms with van der Waals surface area (Å²) in [6.45, 7) is 15.3. The van der Waals surface area contributed by atoms with Gasteiger partial charge < -0.3 is 4.48 Å². The van der Waals surface area contributed by atoms with Gasteiger partial charge in [-0.2, -0.15) is 0 Å². The molecule has 0 N–H and O–H groups in total. The Hall–Kier alpha value is -0.0400. The maximum Gasteiger partial charge on any atom is 0.0786 e. The van der Waals surface area contributed by atoms with Gasteiger partial charge in [-0.05, 0) is 44.9 Å². The summed E-state index contributed by atoms with van der Waals surface area (Å²) in [5.41, 5.74) is 0. The summed E-state index contributed by atoms with van der Waals surface area (Å²) >= 11 is 0. The molecule has 0 saturated carbocycles. The smallest absolute Gasteiger partial charge is 0.0786 e. The molecule has 40 heavy (non-hydrogen) atoms. The van der Waals surface area contributed by atoms with Crippen LogP contribution in [0.3, 0.4) is 0 Å². The van der Waals surface area contributed by atoms with Gasteiger partial charge in [0.05, 0.1) is 26.2 Å². The van der Waals surface area contributed by atoms with Gasteiger partial charge in [-0.15, -0.1) is 0 Å². The molecule has 0 aromatic heterocycles. The van der Waals surface area contributed by atoms with E-state index in [4.69, 9.17) is 0 Å². The molecule has 0 rings (SSSR count). The molecule has 1 nitrogen and oxygen atoms in total. The lowest BCUT2D eigenvalue weighted by molar-refractivity contribution is -0.929. The van der Waals surface area contributed by atoms with Gasteiger partial charge in [-0.3, -0.25) is 0 Å². The topological polar surface area (TPSA) is 0 Å². The van der Waals surface area contributed by atoms with E-state index in [9.17, 15) is 0 Å². The Bertz CT molecular complexity index is 384. The molecule has 0 atom stereocenters. The fourth-order valence-electron chi connectivity index (χ4n) is 6.95. The van der Waals surface area contributed by atoms with Crippen molar-refractivity contribution in [1.82, 2.24) is 0 Å². The Balaban J connectivity index is 4.36. The highest BCUT2D eigenvalue weighted by Gasteiger charge is 2.25. The number of nitrogens with zero attached hydrogens (tertiary/aromatic N) is 1. The van der Waals surface area contributed by atoms with E-state index in [2.05, 4.69) is 27.7 Å². The van der Waals surface area contributed by atoms with Gasteiger partial charge in [0.25, 0.3) is 0 Å². The second kappa shape index (κ2) is 33.5. The highest BCUT2D eigenvalue weighted by Crippen LogP contribution is 2.20. The minimum absolute atomic E-state index is 1.37. The fraction of sp³-hybridized carbons (Fsp3) is 1.00. The minimum atomic E-state index is 1.37. The van der Waals surface area contributed by atoms with Crippen LogP contribution in [0.1, 0.15) is 227 Å². The van der Waals surface area contributed by atoms with E-state index in [1.807, 2.05) is 0 Å². The lowest BCUT2D eigenvalue weighted by Crippen LogP contribution is -2.50. The largest absolute Gasteiger partial charge is 0.324 e. The van der Waals surface area contributed by atoms with Crippen LogP contribution in [0.5, 0.6) is 0 Å². The molecule has 0 aliphatic carbocycles. The summed E-state index contributed by atoms with van der Waals surface area (Å²) in [4.78, 5) is 0. The van der Waals surface area contributed by atoms with E-state index >= 15 is 0 Å². The van der Waals surface area contributed by atoms with Gasteiger partial charge in [0.15, 0.2) is 0 Å². The van der Waals surface area contributed by atoms with Crippen LogP contribution in [0.4, 0.5) is 0 Å². The minimum Gasteiger partial charge on any atom is -0.324 e. The van der Waals surface area contributed by atoms with Gasteiger partial charge >= 0.3 is 0 Å². The Morgan fingerprint density at radius 2 is 0.400 bits per heavy atom. The van der Waals surface area contributed by atoms with E-state index in [0.717, 1.165) is 0 Å². The summed E-state index contributed by atoms with van der Waals surface area (Å²) in [5.74, 6) is 0. The quantitative estimate of drug-likeness (QED) is 0.0530. The first kappa shape index (κ1) is 40.0. The van der Waals surface area contributed by atoms with Crippen LogP contribution in [-0.2, 0) is 0 Å². The summed E-state index contributed by atoms with van der Waals surface area (Å²) in [5, 5.41) is 0. The van der Waals surface area contributed by atoms with E-state index in [1.54, 1.807) is 0 Å². The van der Waals surface area contributed by atoms with Crippen LogP contribution in [0.25, 0.3) is 0 Å². The van der Waals surface area contributed by atoms with E-state index in [-0.39, 0.29) is 0 Å². The number of quaternary nitrogens is 1. The Kier molecular flexibility index (Phi) is 33.4. The van der Waals surface area contributed by atoms with Crippen molar-refractivity contribution < 1.29 is 4.48 Å². The van der Waals surface area contributed by atoms with Gasteiger partial charge in [-0.1, -0.05) is 182 Å². The maximum atomic E-state index is 2.45. The molecule has 242 valence electrons. The maximum absolute atomic E-state index is 2.45. The zero-order chi connectivity index (χ0) is 29.2. The van der Waals surface area contributed by atoms with Crippen molar-refractivity contribution in [3.05, 3.63) is 0 Å². The summed E-state index contributed by atoms with van der Waals surface area (Å²) in [6.07, 6.45) is 45.3. The Labute approximate surface area is 257 Å². The molecule has 0 aromatic carbocycles. The third-order valence-corrected chi connectivity index (χ3v) is 9.66. The SMILES string of the molecule is CCCCCCCCCCCC[N+](CCC)(CCCCCCCCCCCC)CCCCCCCCCCCC. The molecular weight excluding hydrogens is 482 g/mol. The van der Waals surface area contributed by atoms with Gasteiger partial charge in [0.2, 0.25) is 0 Å². The summed E-state index contributed by atoms with van der Waals surface area (Å²) in [7, 11) is 0. The highest BCUT2D eigenvalue weighted by molar-refractivity contribution is 4.55. The normalized spacial score (nSPS) is 12.0. The van der Waals surface area contributed by atoms with Crippen molar-refractivity contribution in [2.75, 3.05) is 26.2 Å². The molecule has 0 unspecified atom stereocenters. The molecule has 0 aliphatic rings. The number of rotatable bonds is 35. The molecular formula is C39H82N+. The molecule has 0 heterocycles. The predicted molar refractivity (Wildman–Crippen MR) is 186 cm³/mol. The lowest BCUT2D eigenvalue weighted by Gasteiger charge is -2.39. The Morgan fingerprint density at radius 3 is 0.600 bits per heavy atom. The first-order chi connectivity index (χ1) is 19.7. The first-order valence-electron chi connectivity index (χ1n) is 19.6. The second-order valence-electron chi connectivity index (χ2n) is 13.8. The molecule has 0 aliphatic heterocycles. The van der Waals surface area contributed by atoms with Crippen molar-refractivity contribution in [3.8, 4) is 0 Å². The van der Waals surface area contributed by atoms with Crippen LogP contribution < -0.4 is 0 Å². The molecule has 0 fully saturated rings. The summed E-state index contributed by atoms with van der Waals surface area (Å²) < 4.78 is 1.46. The number of hydrogen-bond donors (Lipinski definition) is 0. The van der Waals surface area contributed by atoms with Crippen LogP contribution >= 0.6 is 0 Å². The van der Waals surface area contributed by atoms with Crippen molar-refractivity contribution in [1.29, 1.82) is 0 Å². The van der Waals surface area contributed by atoms with Crippen LogP contribution in [0.2, 0.25) is 0 Å². The number of unbranched alkanes of at least 4 members (excludes halogenated alkanes) is 27. The monoisotopic (exact) mass is 565 g/mol. The summed E-state index contributed by atoms with van der Waals surface area (Å²) in [6, 6.07) is 0. The van der Waals surface area contributed by atoms with E-state index in [0.29, 0.717) is 0 Å². The van der Waals surface area contributed by atoms with Gasteiger partial charge in [-0.25, -0.2) is 0 Å². The molecule has 0 amide bonds. The molecule has 0 radical (unpaired) electrons. The number of hydrogen-bond acceptors (Lipinski definition) is 0. The third-order valence-electron chi connectivity index (χ3n) is 9.66. The molecule has 0 saturated heterocycles. The van der Waals surface area contributed by atoms with Crippen LogP contribution in [0.15, 0.2) is 0 Å². The average molecular weight is 565 g/mol. The Morgan fingerprint density at radius 1 is 0.200 bits per heavy atom. The van der Waals surface area contributed by atoms with Crippen molar-refractivity contribution in [3.63, 3.8) is 0 Å². The zero-order valence-electron chi connectivity index (χ0n) is 29.2. The van der Waals surface area contributed by atoms with Crippen molar-refractivity contribution in [2.45, 2.75) is 227 Å². The van der Waals surface area contributed by atoms with Crippen LogP contribution in [-0.4, -0.2) is 30.7 Å². The van der Waals surface area contributed by atoms with Gasteiger partial charge in [0, 0.05) is 0 Å². The first-order valence-corrected chi connectivity index (χ1v) is 19.6. The third kappa shape index (κ3) is 28.1. The fourth-order valence-corrected chi connectivity index (χ4v) is 6.95. The van der Waals surface area contributed by atoms with Crippen molar-refractivity contribution in [2.24, 2.45) is 0 Å². The predicted octanol–water partition coefficient (Wildman–Crippen LogP) is 14.0.